The molecule has 3 aromatic rings. The summed E-state index contributed by atoms with van der Waals surface area (Å²) in [6.07, 6.45) is 4.91. The van der Waals surface area contributed by atoms with Crippen molar-refractivity contribution < 1.29 is 4.42 Å². The summed E-state index contributed by atoms with van der Waals surface area (Å²) in [5.41, 5.74) is 0.906. The molecule has 1 atom stereocenters. The number of hydrogen-bond acceptors (Lipinski definition) is 4. The van der Waals surface area contributed by atoms with Crippen molar-refractivity contribution in [3.05, 3.63) is 47.7 Å². The van der Waals surface area contributed by atoms with E-state index in [9.17, 15) is 0 Å². The van der Waals surface area contributed by atoms with Gasteiger partial charge >= 0.3 is 0 Å². The minimum atomic E-state index is 0. The fourth-order valence-corrected chi connectivity index (χ4v) is 3.63. The minimum absolute atomic E-state index is 0. The second kappa shape index (κ2) is 9.60. The number of aryl methyl sites for hydroxylation is 1. The molecule has 1 aliphatic carbocycles. The molecule has 0 bridgehead atoms. The fourth-order valence-electron chi connectivity index (χ4n) is 3.63. The Morgan fingerprint density at radius 1 is 1.28 bits per heavy atom. The lowest BCUT2D eigenvalue weighted by Crippen LogP contribution is -2.43. The van der Waals surface area contributed by atoms with Gasteiger partial charge in [-0.05, 0) is 38.8 Å². The molecule has 2 heterocycles. The number of furan rings is 1. The molecule has 2 N–H and O–H groups in total. The van der Waals surface area contributed by atoms with Crippen LogP contribution in [0.15, 0.2) is 39.7 Å². The van der Waals surface area contributed by atoms with Crippen molar-refractivity contribution in [3.8, 4) is 0 Å². The van der Waals surface area contributed by atoms with Gasteiger partial charge in [-0.15, -0.1) is 34.2 Å². The Morgan fingerprint density at radius 2 is 2.03 bits per heavy atom. The Hall–Kier alpha value is -2.10. The highest BCUT2D eigenvalue weighted by atomic mass is 127. The van der Waals surface area contributed by atoms with Gasteiger partial charge in [-0.3, -0.25) is 0 Å². The average molecular weight is 508 g/mol. The number of aliphatic imine (C=N–C) groups is 1. The smallest absolute Gasteiger partial charge is 0.192 e. The van der Waals surface area contributed by atoms with Crippen LogP contribution < -0.4 is 10.6 Å². The molecule has 7 nitrogen and oxygen atoms in total. The summed E-state index contributed by atoms with van der Waals surface area (Å²) in [6.45, 7) is 4.52. The van der Waals surface area contributed by atoms with E-state index in [-0.39, 0.29) is 30.0 Å². The number of nitrogens with one attached hydrogen (secondary N) is 2. The summed E-state index contributed by atoms with van der Waals surface area (Å²) in [5.74, 6) is 3.43. The van der Waals surface area contributed by atoms with Crippen LogP contribution in [-0.4, -0.2) is 26.8 Å². The first kappa shape index (κ1) is 21.6. The van der Waals surface area contributed by atoms with Crippen molar-refractivity contribution in [2.45, 2.75) is 58.2 Å². The van der Waals surface area contributed by atoms with Crippen LogP contribution in [0.3, 0.4) is 0 Å². The summed E-state index contributed by atoms with van der Waals surface area (Å²) >= 11 is 0. The van der Waals surface area contributed by atoms with Crippen LogP contribution in [-0.2, 0) is 13.6 Å². The van der Waals surface area contributed by atoms with E-state index in [1.54, 1.807) is 0 Å². The number of para-hydroxylation sites is 1. The molecule has 29 heavy (non-hydrogen) atoms. The van der Waals surface area contributed by atoms with E-state index in [0.717, 1.165) is 34.3 Å². The number of halogens is 1. The van der Waals surface area contributed by atoms with E-state index in [4.69, 9.17) is 9.41 Å². The molecule has 0 spiro atoms. The SMILES string of the molecule is Cc1nnc(CN=C(NC2CCCC2)NC(C)c2cc3ccccc3o2)n1C.I. The van der Waals surface area contributed by atoms with Gasteiger partial charge in [0.05, 0.1) is 6.04 Å². The normalized spacial score (nSPS) is 16.0. The fraction of sp³-hybridized carbons (Fsp3) is 0.476. The Balaban J connectivity index is 0.00000240. The van der Waals surface area contributed by atoms with Gasteiger partial charge in [-0.1, -0.05) is 31.0 Å². The number of guanidine groups is 1. The third-order valence-electron chi connectivity index (χ3n) is 5.48. The van der Waals surface area contributed by atoms with E-state index >= 15 is 0 Å². The summed E-state index contributed by atoms with van der Waals surface area (Å²) in [4.78, 5) is 4.78. The molecule has 1 unspecified atom stereocenters. The van der Waals surface area contributed by atoms with Gasteiger partial charge in [0, 0.05) is 18.5 Å². The third-order valence-corrected chi connectivity index (χ3v) is 5.48. The van der Waals surface area contributed by atoms with Gasteiger partial charge in [0.25, 0.3) is 0 Å². The Morgan fingerprint density at radius 3 is 2.72 bits per heavy atom. The highest BCUT2D eigenvalue weighted by Gasteiger charge is 2.19. The predicted molar refractivity (Wildman–Crippen MR) is 125 cm³/mol. The lowest BCUT2D eigenvalue weighted by atomic mass is 10.2. The van der Waals surface area contributed by atoms with Crippen LogP contribution in [0.25, 0.3) is 11.0 Å². The van der Waals surface area contributed by atoms with Crippen LogP contribution in [0, 0.1) is 6.92 Å². The second-order valence-corrected chi connectivity index (χ2v) is 7.57. The van der Waals surface area contributed by atoms with E-state index in [2.05, 4.69) is 39.9 Å². The standard InChI is InChI=1S/C21H28N6O.HI/c1-14(19-12-16-8-4-7-11-18(16)28-19)23-21(24-17-9-5-6-10-17)22-13-20-26-25-15(2)27(20)3;/h4,7-8,11-12,14,17H,5-6,9-10,13H2,1-3H3,(H2,22,23,24);1H. The molecule has 0 aliphatic heterocycles. The van der Waals surface area contributed by atoms with Gasteiger partial charge in [0.1, 0.15) is 23.7 Å². The maximum Gasteiger partial charge on any atom is 0.192 e. The summed E-state index contributed by atoms with van der Waals surface area (Å²) in [7, 11) is 1.97. The maximum absolute atomic E-state index is 6.01. The van der Waals surface area contributed by atoms with Gasteiger partial charge in [-0.25, -0.2) is 4.99 Å². The van der Waals surface area contributed by atoms with Crippen molar-refractivity contribution in [2.75, 3.05) is 0 Å². The molecule has 4 rings (SSSR count). The van der Waals surface area contributed by atoms with Crippen LogP contribution >= 0.6 is 24.0 Å². The van der Waals surface area contributed by atoms with Crippen LogP contribution in [0.1, 0.15) is 56.1 Å². The summed E-state index contributed by atoms with van der Waals surface area (Å²) < 4.78 is 7.99. The minimum Gasteiger partial charge on any atom is -0.459 e. The number of hydrogen-bond donors (Lipinski definition) is 2. The van der Waals surface area contributed by atoms with Crippen molar-refractivity contribution in [1.82, 2.24) is 25.4 Å². The number of nitrogens with zero attached hydrogens (tertiary/aromatic N) is 4. The quantitative estimate of drug-likeness (QED) is 0.307. The topological polar surface area (TPSA) is 80.3 Å². The number of rotatable bonds is 5. The third kappa shape index (κ3) is 5.09. The lowest BCUT2D eigenvalue weighted by Gasteiger charge is -2.20. The Bertz CT molecular complexity index is 940. The van der Waals surface area contributed by atoms with Crippen LogP contribution in [0.2, 0.25) is 0 Å². The number of fused-ring (bicyclic) bond motifs is 1. The zero-order valence-corrected chi connectivity index (χ0v) is 19.5. The molecule has 8 heteroatoms. The molecule has 1 aromatic carbocycles. The maximum atomic E-state index is 6.01. The molecular formula is C21H29IN6O. The van der Waals surface area contributed by atoms with Gasteiger partial charge in [-0.2, -0.15) is 0 Å². The van der Waals surface area contributed by atoms with Gasteiger partial charge in [0.2, 0.25) is 0 Å². The summed E-state index contributed by atoms with van der Waals surface area (Å²) in [6, 6.07) is 10.6. The molecule has 2 aromatic heterocycles. The van der Waals surface area contributed by atoms with E-state index in [0.29, 0.717) is 12.6 Å². The highest BCUT2D eigenvalue weighted by molar-refractivity contribution is 14.0. The van der Waals surface area contributed by atoms with Crippen molar-refractivity contribution >= 4 is 40.9 Å². The monoisotopic (exact) mass is 508 g/mol. The number of aromatic nitrogens is 3. The highest BCUT2D eigenvalue weighted by Crippen LogP contribution is 2.24. The predicted octanol–water partition coefficient (Wildman–Crippen LogP) is 4.23. The van der Waals surface area contributed by atoms with Crippen LogP contribution in [0.5, 0.6) is 0 Å². The zero-order chi connectivity index (χ0) is 19.5. The first-order valence-electron chi connectivity index (χ1n) is 10.0. The molecular weight excluding hydrogens is 479 g/mol. The Labute approximate surface area is 188 Å². The number of benzene rings is 1. The molecule has 0 radical (unpaired) electrons. The van der Waals surface area contributed by atoms with Crippen molar-refractivity contribution in [3.63, 3.8) is 0 Å². The van der Waals surface area contributed by atoms with Crippen molar-refractivity contribution in [1.29, 1.82) is 0 Å². The second-order valence-electron chi connectivity index (χ2n) is 7.57. The van der Waals surface area contributed by atoms with E-state index in [1.165, 1.54) is 25.7 Å². The van der Waals surface area contributed by atoms with Crippen LogP contribution in [0.4, 0.5) is 0 Å². The lowest BCUT2D eigenvalue weighted by molar-refractivity contribution is 0.484. The van der Waals surface area contributed by atoms with Gasteiger partial charge < -0.3 is 19.6 Å². The molecule has 1 saturated carbocycles. The largest absolute Gasteiger partial charge is 0.459 e. The molecule has 0 amide bonds. The first-order chi connectivity index (χ1) is 13.6. The summed E-state index contributed by atoms with van der Waals surface area (Å²) in [5, 5.41) is 16.5. The molecule has 0 saturated heterocycles. The Kier molecular flexibility index (Phi) is 7.15. The zero-order valence-electron chi connectivity index (χ0n) is 17.2. The average Bonchev–Trinajstić information content (AvgIpc) is 3.42. The van der Waals surface area contributed by atoms with E-state index < -0.39 is 0 Å². The van der Waals surface area contributed by atoms with Crippen molar-refractivity contribution in [2.24, 2.45) is 12.0 Å². The van der Waals surface area contributed by atoms with E-state index in [1.807, 2.05) is 36.7 Å². The molecule has 1 aliphatic rings. The van der Waals surface area contributed by atoms with Gasteiger partial charge in [0.15, 0.2) is 11.8 Å². The first-order valence-corrected chi connectivity index (χ1v) is 10.0. The molecule has 156 valence electrons. The molecule has 1 fully saturated rings.